The first-order valence-electron chi connectivity index (χ1n) is 10.9. The highest BCUT2D eigenvalue weighted by Gasteiger charge is 2.34. The van der Waals surface area contributed by atoms with Gasteiger partial charge in [-0.3, -0.25) is 14.4 Å². The van der Waals surface area contributed by atoms with Gasteiger partial charge in [0.05, 0.1) is 18.0 Å². The molecule has 0 aromatic heterocycles. The van der Waals surface area contributed by atoms with Gasteiger partial charge in [-0.15, -0.1) is 0 Å². The van der Waals surface area contributed by atoms with Gasteiger partial charge < -0.3 is 10.6 Å². The summed E-state index contributed by atoms with van der Waals surface area (Å²) in [6.07, 6.45) is 6.23. The summed E-state index contributed by atoms with van der Waals surface area (Å²) in [7, 11) is 0. The summed E-state index contributed by atoms with van der Waals surface area (Å²) in [5.41, 5.74) is 2.59. The third-order valence-electron chi connectivity index (χ3n) is 6.43. The molecule has 1 saturated heterocycles. The molecule has 7 heteroatoms. The second-order valence-electron chi connectivity index (χ2n) is 8.90. The summed E-state index contributed by atoms with van der Waals surface area (Å²) in [6.45, 7) is 0.624. The molecule has 2 aliphatic carbocycles. The first-order chi connectivity index (χ1) is 14.9. The Balaban J connectivity index is 1.38. The third kappa shape index (κ3) is 5.34. The minimum atomic E-state index is -0.596. The molecule has 1 heterocycles. The zero-order chi connectivity index (χ0) is 22.0. The second-order valence-corrected chi connectivity index (χ2v) is 9.34. The molecule has 1 aliphatic heterocycles. The quantitative estimate of drug-likeness (QED) is 0.617. The van der Waals surface area contributed by atoms with Gasteiger partial charge in [0, 0.05) is 35.9 Å². The molecular formula is C24H26ClN3O3. The third-order valence-corrected chi connectivity index (χ3v) is 6.66. The predicted octanol–water partition coefficient (Wildman–Crippen LogP) is 3.19. The average Bonchev–Trinajstić information content (AvgIpc) is 3.32. The number of benzene rings is 1. The summed E-state index contributed by atoms with van der Waals surface area (Å²) in [4.78, 5) is 37.8. The number of halogens is 1. The van der Waals surface area contributed by atoms with E-state index in [2.05, 4.69) is 16.7 Å². The van der Waals surface area contributed by atoms with Crippen LogP contribution in [0.2, 0.25) is 5.02 Å². The number of hydrogen-bond acceptors (Lipinski definition) is 4. The number of rotatable bonds is 9. The van der Waals surface area contributed by atoms with Crippen molar-refractivity contribution in [2.75, 3.05) is 6.54 Å². The number of carbonyl (C=O) groups is 3. The lowest BCUT2D eigenvalue weighted by Crippen LogP contribution is -2.42. The van der Waals surface area contributed by atoms with Crippen molar-refractivity contribution in [1.29, 1.82) is 5.26 Å². The summed E-state index contributed by atoms with van der Waals surface area (Å²) in [5, 5.41) is 15.9. The van der Waals surface area contributed by atoms with Gasteiger partial charge in [-0.1, -0.05) is 30.5 Å². The standard InChI is InChI=1S/C24H26ClN3O3/c25-20-4-3-16-10-19(11-18(16)12-20)24(31)28-21(8-14-1-2-14)22(29)9-15(13-26)7-17-5-6-27-23(17)30/h3-4,10,12,14-15,17,21H,1-2,5-9,11H2,(H,27,30)(H,28,31). The van der Waals surface area contributed by atoms with Gasteiger partial charge in [0.15, 0.2) is 5.78 Å². The van der Waals surface area contributed by atoms with Gasteiger partial charge in [-0.05, 0) is 54.5 Å². The van der Waals surface area contributed by atoms with E-state index < -0.39 is 12.0 Å². The topological polar surface area (TPSA) is 99.1 Å². The van der Waals surface area contributed by atoms with Crippen LogP contribution in [-0.2, 0) is 20.8 Å². The van der Waals surface area contributed by atoms with Crippen molar-refractivity contribution in [2.45, 2.75) is 51.0 Å². The van der Waals surface area contributed by atoms with Crippen LogP contribution in [0.1, 0.15) is 49.7 Å². The lowest BCUT2D eigenvalue weighted by molar-refractivity contribution is -0.127. The molecule has 31 heavy (non-hydrogen) atoms. The molecule has 3 aliphatic rings. The lowest BCUT2D eigenvalue weighted by Gasteiger charge is -2.20. The van der Waals surface area contributed by atoms with E-state index in [4.69, 9.17) is 11.6 Å². The van der Waals surface area contributed by atoms with E-state index in [0.717, 1.165) is 24.0 Å². The van der Waals surface area contributed by atoms with Gasteiger partial charge in [0.1, 0.15) is 0 Å². The summed E-state index contributed by atoms with van der Waals surface area (Å²) in [6, 6.07) is 7.14. The predicted molar refractivity (Wildman–Crippen MR) is 117 cm³/mol. The van der Waals surface area contributed by atoms with E-state index in [1.54, 1.807) is 6.07 Å². The SMILES string of the molecule is N#CC(CC(=O)C(CC1CC1)NC(=O)C1=Cc2ccc(Cl)cc2C1)CC1CCNC1=O. The Bertz CT molecular complexity index is 977. The van der Waals surface area contributed by atoms with Crippen LogP contribution in [0.5, 0.6) is 0 Å². The smallest absolute Gasteiger partial charge is 0.248 e. The molecule has 1 saturated carbocycles. The first kappa shape index (κ1) is 21.6. The van der Waals surface area contributed by atoms with Gasteiger partial charge in [-0.25, -0.2) is 0 Å². The van der Waals surface area contributed by atoms with Crippen LogP contribution in [0.3, 0.4) is 0 Å². The molecule has 2 fully saturated rings. The second kappa shape index (κ2) is 9.23. The van der Waals surface area contributed by atoms with Gasteiger partial charge >= 0.3 is 0 Å². The van der Waals surface area contributed by atoms with E-state index in [-0.39, 0.29) is 29.9 Å². The highest BCUT2D eigenvalue weighted by Crippen LogP contribution is 2.35. The minimum absolute atomic E-state index is 0.0385. The Hall–Kier alpha value is -2.65. The van der Waals surface area contributed by atoms with Gasteiger partial charge in [-0.2, -0.15) is 5.26 Å². The number of carbonyl (C=O) groups excluding carboxylic acids is 3. The number of nitrogens with one attached hydrogen (secondary N) is 2. The van der Waals surface area contributed by atoms with Gasteiger partial charge in [0.2, 0.25) is 11.8 Å². The van der Waals surface area contributed by atoms with Crippen molar-refractivity contribution < 1.29 is 14.4 Å². The molecule has 0 radical (unpaired) electrons. The summed E-state index contributed by atoms with van der Waals surface area (Å²) in [5.74, 6) is -0.674. The van der Waals surface area contributed by atoms with Crippen molar-refractivity contribution in [3.63, 3.8) is 0 Å². The average molecular weight is 440 g/mol. The normalized spacial score (nSPS) is 21.5. The Labute approximate surface area is 187 Å². The highest BCUT2D eigenvalue weighted by atomic mass is 35.5. The summed E-state index contributed by atoms with van der Waals surface area (Å²) >= 11 is 6.05. The Morgan fingerprint density at radius 2 is 2.06 bits per heavy atom. The molecule has 2 amide bonds. The number of nitrogens with zero attached hydrogens (tertiary/aromatic N) is 1. The Morgan fingerprint density at radius 1 is 1.26 bits per heavy atom. The fraction of sp³-hybridized carbons (Fsp3) is 0.500. The van der Waals surface area contributed by atoms with E-state index in [9.17, 15) is 19.6 Å². The first-order valence-corrected chi connectivity index (χ1v) is 11.3. The van der Waals surface area contributed by atoms with Crippen LogP contribution in [0.4, 0.5) is 0 Å². The van der Waals surface area contributed by atoms with E-state index in [1.165, 1.54) is 0 Å². The zero-order valence-corrected chi connectivity index (χ0v) is 18.1. The number of hydrogen-bond donors (Lipinski definition) is 2. The fourth-order valence-electron chi connectivity index (χ4n) is 4.45. The Kier molecular flexibility index (Phi) is 6.43. The molecule has 2 N–H and O–H groups in total. The highest BCUT2D eigenvalue weighted by molar-refractivity contribution is 6.30. The van der Waals surface area contributed by atoms with Crippen LogP contribution in [-0.4, -0.2) is 30.2 Å². The van der Waals surface area contributed by atoms with Gasteiger partial charge in [0.25, 0.3) is 0 Å². The van der Waals surface area contributed by atoms with Crippen LogP contribution in [0.25, 0.3) is 6.08 Å². The molecule has 0 bridgehead atoms. The molecule has 162 valence electrons. The minimum Gasteiger partial charge on any atom is -0.356 e. The zero-order valence-electron chi connectivity index (χ0n) is 17.3. The molecule has 1 aromatic carbocycles. The molecule has 3 atom stereocenters. The van der Waals surface area contributed by atoms with Crippen molar-refractivity contribution in [3.8, 4) is 6.07 Å². The maximum atomic E-state index is 13.0. The maximum absolute atomic E-state index is 13.0. The summed E-state index contributed by atoms with van der Waals surface area (Å²) < 4.78 is 0. The van der Waals surface area contributed by atoms with Crippen LogP contribution < -0.4 is 10.6 Å². The molecule has 4 rings (SSSR count). The molecule has 3 unspecified atom stereocenters. The maximum Gasteiger partial charge on any atom is 0.248 e. The van der Waals surface area contributed by atoms with Crippen molar-refractivity contribution >= 4 is 35.3 Å². The van der Waals surface area contributed by atoms with Crippen LogP contribution >= 0.6 is 11.6 Å². The molecule has 0 spiro atoms. The number of amides is 2. The monoisotopic (exact) mass is 439 g/mol. The van der Waals surface area contributed by atoms with E-state index >= 15 is 0 Å². The molecular weight excluding hydrogens is 414 g/mol. The van der Waals surface area contributed by atoms with Crippen LogP contribution in [0.15, 0.2) is 23.8 Å². The number of ketones is 1. The fourth-order valence-corrected chi connectivity index (χ4v) is 4.64. The number of Topliss-reactive ketones (excluding diaryl/α,β-unsaturated/α-hetero) is 1. The van der Waals surface area contributed by atoms with Crippen LogP contribution in [0, 0.1) is 29.1 Å². The molecule has 1 aromatic rings. The number of nitriles is 1. The van der Waals surface area contributed by atoms with Crippen molar-refractivity contribution in [1.82, 2.24) is 10.6 Å². The molecule has 6 nitrogen and oxygen atoms in total. The van der Waals surface area contributed by atoms with Crippen molar-refractivity contribution in [2.24, 2.45) is 17.8 Å². The number of fused-ring (bicyclic) bond motifs is 1. The van der Waals surface area contributed by atoms with E-state index in [1.807, 2.05) is 18.2 Å². The van der Waals surface area contributed by atoms with Crippen molar-refractivity contribution in [3.05, 3.63) is 39.9 Å². The van der Waals surface area contributed by atoms with E-state index in [0.29, 0.717) is 48.7 Å². The lowest BCUT2D eigenvalue weighted by atomic mass is 9.88. The largest absolute Gasteiger partial charge is 0.356 e. The Morgan fingerprint density at radius 3 is 2.74 bits per heavy atom.